The van der Waals surface area contributed by atoms with Crippen molar-refractivity contribution in [3.8, 4) is 5.75 Å². The maximum atomic E-state index is 12.8. The number of ether oxygens (including phenoxy) is 1. The highest BCUT2D eigenvalue weighted by Crippen LogP contribution is 2.37. The Kier molecular flexibility index (Phi) is 10.4. The zero-order valence-electron chi connectivity index (χ0n) is 19.9. The van der Waals surface area contributed by atoms with Crippen LogP contribution in [0.1, 0.15) is 36.8 Å². The van der Waals surface area contributed by atoms with E-state index in [0.29, 0.717) is 10.0 Å². The minimum Gasteiger partial charge on any atom is -0.405 e. The molecule has 2 aliphatic rings. The highest BCUT2D eigenvalue weighted by atomic mass is 79.9. The zero-order valence-corrected chi connectivity index (χ0v) is 23.2. The van der Waals surface area contributed by atoms with Crippen molar-refractivity contribution in [1.29, 1.82) is 0 Å². The molecule has 200 valence electrons. The van der Waals surface area contributed by atoms with E-state index in [1.54, 1.807) is 12.1 Å². The third kappa shape index (κ3) is 7.19. The van der Waals surface area contributed by atoms with Gasteiger partial charge in [-0.05, 0) is 49.9 Å². The molecule has 2 aromatic carbocycles. The van der Waals surface area contributed by atoms with Crippen LogP contribution in [-0.2, 0) is 6.54 Å². The summed E-state index contributed by atoms with van der Waals surface area (Å²) in [4.78, 5) is 6.89. The SMILES string of the molecule is CN(C)C1=NC(N)(C2CCC(NCc3ccc(Br)cc3OC(F)(F)F)CC2)Nc2ccccc21.Cl.Cl. The van der Waals surface area contributed by atoms with Crippen LogP contribution in [0.3, 0.4) is 0 Å². The van der Waals surface area contributed by atoms with E-state index in [2.05, 4.69) is 31.3 Å². The zero-order chi connectivity index (χ0) is 24.5. The second-order valence-corrected chi connectivity index (χ2v) is 9.97. The van der Waals surface area contributed by atoms with E-state index in [9.17, 15) is 13.2 Å². The second kappa shape index (κ2) is 12.2. The first-order valence-electron chi connectivity index (χ1n) is 11.3. The highest BCUT2D eigenvalue weighted by molar-refractivity contribution is 9.10. The molecule has 12 heteroatoms. The highest BCUT2D eigenvalue weighted by Gasteiger charge is 2.41. The lowest BCUT2D eigenvalue weighted by Crippen LogP contribution is -2.57. The molecule has 1 atom stereocenters. The summed E-state index contributed by atoms with van der Waals surface area (Å²) in [6.45, 7) is 0.288. The fourth-order valence-corrected chi connectivity index (χ4v) is 5.03. The summed E-state index contributed by atoms with van der Waals surface area (Å²) < 4.78 is 43.1. The largest absolute Gasteiger partial charge is 0.573 e. The predicted octanol–water partition coefficient (Wildman–Crippen LogP) is 5.89. The molecule has 4 N–H and O–H groups in total. The number of halogens is 6. The van der Waals surface area contributed by atoms with Crippen LogP contribution < -0.4 is 21.1 Å². The van der Waals surface area contributed by atoms with Gasteiger partial charge in [-0.25, -0.2) is 4.99 Å². The number of nitrogens with one attached hydrogen (secondary N) is 2. The van der Waals surface area contributed by atoms with Crippen LogP contribution in [0.2, 0.25) is 0 Å². The van der Waals surface area contributed by atoms with E-state index in [-0.39, 0.29) is 49.1 Å². The maximum absolute atomic E-state index is 12.8. The molecule has 4 rings (SSSR count). The van der Waals surface area contributed by atoms with Gasteiger partial charge in [0.05, 0.1) is 0 Å². The van der Waals surface area contributed by atoms with Crippen LogP contribution in [0.15, 0.2) is 51.9 Å². The molecule has 6 nitrogen and oxygen atoms in total. The number of amidine groups is 1. The summed E-state index contributed by atoms with van der Waals surface area (Å²) in [7, 11) is 3.92. The Balaban J connectivity index is 0.00000228. The third-order valence-electron chi connectivity index (χ3n) is 6.40. The van der Waals surface area contributed by atoms with Crippen molar-refractivity contribution < 1.29 is 17.9 Å². The molecule has 1 aliphatic heterocycles. The number of rotatable bonds is 5. The Morgan fingerprint density at radius 2 is 1.81 bits per heavy atom. The molecule has 0 spiro atoms. The molecule has 0 bridgehead atoms. The predicted molar refractivity (Wildman–Crippen MR) is 145 cm³/mol. The van der Waals surface area contributed by atoms with Gasteiger partial charge in [-0.3, -0.25) is 5.73 Å². The number of fused-ring (bicyclic) bond motifs is 1. The quantitative estimate of drug-likeness (QED) is 0.393. The van der Waals surface area contributed by atoms with E-state index in [0.717, 1.165) is 42.8 Å². The van der Waals surface area contributed by atoms with E-state index >= 15 is 0 Å². The molecule has 0 aromatic heterocycles. The van der Waals surface area contributed by atoms with Crippen LogP contribution >= 0.6 is 40.7 Å². The first kappa shape index (κ1) is 30.5. The van der Waals surface area contributed by atoms with Gasteiger partial charge in [0, 0.05) is 53.9 Å². The van der Waals surface area contributed by atoms with Gasteiger partial charge in [0.25, 0.3) is 0 Å². The number of nitrogens with zero attached hydrogens (tertiary/aromatic N) is 2. The number of alkyl halides is 3. The molecule has 1 aliphatic carbocycles. The van der Waals surface area contributed by atoms with E-state index < -0.39 is 12.1 Å². The molecule has 1 saturated carbocycles. The fraction of sp³-hybridized carbons (Fsp3) is 0.458. The van der Waals surface area contributed by atoms with Crippen molar-refractivity contribution in [2.75, 3.05) is 19.4 Å². The van der Waals surface area contributed by atoms with Crippen molar-refractivity contribution in [1.82, 2.24) is 10.2 Å². The smallest absolute Gasteiger partial charge is 0.405 e. The van der Waals surface area contributed by atoms with Crippen molar-refractivity contribution in [2.45, 2.75) is 50.4 Å². The Morgan fingerprint density at radius 3 is 2.44 bits per heavy atom. The number of aliphatic imine (C=N–C) groups is 1. The Morgan fingerprint density at radius 1 is 1.14 bits per heavy atom. The van der Waals surface area contributed by atoms with Gasteiger partial charge in [0.1, 0.15) is 11.6 Å². The van der Waals surface area contributed by atoms with Gasteiger partial charge in [-0.15, -0.1) is 38.0 Å². The van der Waals surface area contributed by atoms with Crippen molar-refractivity contribution in [2.24, 2.45) is 16.6 Å². The summed E-state index contributed by atoms with van der Waals surface area (Å²) >= 11 is 3.21. The number of hydrogen-bond acceptors (Lipinski definition) is 6. The van der Waals surface area contributed by atoms with Crippen LogP contribution in [0.5, 0.6) is 5.75 Å². The molecule has 0 saturated heterocycles. The number of hydrogen-bond donors (Lipinski definition) is 3. The van der Waals surface area contributed by atoms with Gasteiger partial charge >= 0.3 is 6.36 Å². The molecule has 1 unspecified atom stereocenters. The van der Waals surface area contributed by atoms with Crippen LogP contribution in [0.4, 0.5) is 18.9 Å². The van der Waals surface area contributed by atoms with Gasteiger partial charge in [-0.2, -0.15) is 0 Å². The first-order chi connectivity index (χ1) is 16.0. The standard InChI is InChI=1S/C24H29BrF3N5O.2ClH/c1-33(2)22-19-5-3-4-6-20(19)31-23(29,32-22)16-8-11-18(12-9-16)30-14-15-7-10-17(25)13-21(15)34-24(26,27)28;;/h3-7,10,13,16,18,30-31H,8-9,11-12,14,29H2,1-2H3;2*1H. The lowest BCUT2D eigenvalue weighted by molar-refractivity contribution is -0.274. The summed E-state index contributed by atoms with van der Waals surface area (Å²) in [5.41, 5.74) is 9.26. The first-order valence-corrected chi connectivity index (χ1v) is 12.0. The van der Waals surface area contributed by atoms with Gasteiger partial charge in [0.15, 0.2) is 5.79 Å². The number of benzene rings is 2. The Hall–Kier alpha value is -1.72. The fourth-order valence-electron chi connectivity index (χ4n) is 4.69. The minimum atomic E-state index is -4.74. The van der Waals surface area contributed by atoms with Gasteiger partial charge < -0.3 is 20.3 Å². The Bertz CT molecular complexity index is 1060. The number of anilines is 1. The van der Waals surface area contributed by atoms with Crippen molar-refractivity contribution in [3.63, 3.8) is 0 Å². The van der Waals surface area contributed by atoms with E-state index in [4.69, 9.17) is 10.7 Å². The van der Waals surface area contributed by atoms with Crippen molar-refractivity contribution in [3.05, 3.63) is 58.1 Å². The normalized spacial score (nSPS) is 23.2. The summed E-state index contributed by atoms with van der Waals surface area (Å²) in [6, 6.07) is 12.9. The van der Waals surface area contributed by atoms with Crippen LogP contribution in [0.25, 0.3) is 0 Å². The lowest BCUT2D eigenvalue weighted by atomic mass is 9.81. The molecule has 1 fully saturated rings. The molecule has 2 aromatic rings. The Labute approximate surface area is 230 Å². The average molecular weight is 613 g/mol. The molecular weight excluding hydrogens is 582 g/mol. The van der Waals surface area contributed by atoms with E-state index in [1.807, 2.05) is 43.3 Å². The molecule has 36 heavy (non-hydrogen) atoms. The average Bonchev–Trinajstić information content (AvgIpc) is 2.77. The van der Waals surface area contributed by atoms with Crippen molar-refractivity contribution >= 4 is 52.3 Å². The minimum absolute atomic E-state index is 0. The topological polar surface area (TPSA) is 74.9 Å². The van der Waals surface area contributed by atoms with Crippen LogP contribution in [-0.4, -0.2) is 43.0 Å². The summed E-state index contributed by atoms with van der Waals surface area (Å²) in [5.74, 6) is -0.118. The monoisotopic (exact) mass is 611 g/mol. The van der Waals surface area contributed by atoms with Gasteiger partial charge in [0.2, 0.25) is 0 Å². The molecule has 1 heterocycles. The summed E-state index contributed by atoms with van der Waals surface area (Å²) in [6.07, 6.45) is -1.34. The summed E-state index contributed by atoms with van der Waals surface area (Å²) in [5, 5.41) is 6.84. The molecular formula is C24H31BrCl2F3N5O. The van der Waals surface area contributed by atoms with E-state index in [1.165, 1.54) is 6.07 Å². The number of para-hydroxylation sites is 1. The molecule has 0 radical (unpaired) electrons. The second-order valence-electron chi connectivity index (χ2n) is 9.06. The third-order valence-corrected chi connectivity index (χ3v) is 6.90. The maximum Gasteiger partial charge on any atom is 0.573 e. The number of nitrogens with two attached hydrogens (primary N) is 1. The lowest BCUT2D eigenvalue weighted by Gasteiger charge is -2.43. The molecule has 0 amide bonds. The van der Waals surface area contributed by atoms with Crippen LogP contribution in [0, 0.1) is 5.92 Å². The van der Waals surface area contributed by atoms with Gasteiger partial charge in [-0.1, -0.05) is 34.1 Å².